The van der Waals surface area contributed by atoms with E-state index in [4.69, 9.17) is 20.2 Å². The first-order valence-corrected chi connectivity index (χ1v) is 18.1. The molecule has 0 spiro atoms. The van der Waals surface area contributed by atoms with E-state index < -0.39 is 6.04 Å². The van der Waals surface area contributed by atoms with Crippen LogP contribution in [0.1, 0.15) is 94.3 Å². The number of piperidine rings is 1. The van der Waals surface area contributed by atoms with Gasteiger partial charge in [0.05, 0.1) is 19.0 Å². The lowest BCUT2D eigenvalue weighted by molar-refractivity contribution is -0.150. The zero-order valence-corrected chi connectivity index (χ0v) is 29.2. The number of benzene rings is 1. The molecule has 266 valence electrons. The summed E-state index contributed by atoms with van der Waals surface area (Å²) in [7, 11) is 3.36. The Balaban J connectivity index is 1.04. The minimum atomic E-state index is -0.600. The third-order valence-corrected chi connectivity index (χ3v) is 10.7. The minimum Gasteiger partial charge on any atom is -0.495 e. The van der Waals surface area contributed by atoms with Crippen LogP contribution in [0.4, 0.5) is 23.1 Å². The first kappa shape index (κ1) is 34.9. The Morgan fingerprint density at radius 2 is 1.78 bits per heavy atom. The van der Waals surface area contributed by atoms with E-state index in [0.29, 0.717) is 41.5 Å². The van der Waals surface area contributed by atoms with Crippen LogP contribution in [0.5, 0.6) is 5.75 Å². The Bertz CT molecular complexity index is 1490. The third-order valence-electron chi connectivity index (χ3n) is 10.7. The Hall–Kier alpha value is -3.97. The lowest BCUT2D eigenvalue weighted by Crippen LogP contribution is -2.55. The van der Waals surface area contributed by atoms with Crippen LogP contribution in [0, 0.1) is 0 Å². The highest BCUT2D eigenvalue weighted by Crippen LogP contribution is 2.40. The predicted octanol–water partition coefficient (Wildman–Crippen LogP) is 4.13. The van der Waals surface area contributed by atoms with E-state index in [2.05, 4.69) is 25.4 Å². The molecule has 2 aliphatic carbocycles. The molecule has 0 radical (unpaired) electrons. The molecule has 1 saturated heterocycles. The number of aromatic nitrogens is 2. The van der Waals surface area contributed by atoms with Gasteiger partial charge in [0.25, 0.3) is 5.91 Å². The van der Waals surface area contributed by atoms with Crippen LogP contribution in [-0.2, 0) is 14.3 Å². The molecule has 1 aromatic heterocycles. The lowest BCUT2D eigenvalue weighted by atomic mass is 10.0. The van der Waals surface area contributed by atoms with E-state index in [0.717, 1.165) is 89.7 Å². The lowest BCUT2D eigenvalue weighted by Gasteiger charge is -2.43. The van der Waals surface area contributed by atoms with Crippen molar-refractivity contribution in [2.75, 3.05) is 48.9 Å². The van der Waals surface area contributed by atoms with Crippen LogP contribution in [-0.4, -0.2) is 96.7 Å². The first-order valence-electron chi connectivity index (χ1n) is 18.1. The summed E-state index contributed by atoms with van der Waals surface area (Å²) in [5.74, 6) is 1.29. The van der Waals surface area contributed by atoms with E-state index in [1.54, 1.807) is 43.5 Å². The molecule has 2 saturated carbocycles. The molecular weight excluding hydrogens is 624 g/mol. The van der Waals surface area contributed by atoms with Gasteiger partial charge in [-0.15, -0.1) is 0 Å². The number of rotatable bonds is 12. The van der Waals surface area contributed by atoms with Crippen LogP contribution in [0.25, 0.3) is 0 Å². The van der Waals surface area contributed by atoms with E-state index in [9.17, 15) is 14.4 Å². The number of ether oxygens (including phenoxy) is 2. The standard InChI is InChI=1S/C36H52N8O5/c1-4-29-34(46)42(2)30-22-38-36(41-32(30)44(29)25-9-5-6-10-25)40-28-14-13-23(21-31(28)48-3)33(45)39-24-15-18-43(19-16-24)20-17-27(37)35(47)49-26-11-7-8-12-26/h13-14,21-22,24-27,29H,4-12,15-20,37H2,1-3H3,(H,39,45)(H,38,40,41)/t27-,29+/m0/s1. The number of esters is 1. The van der Waals surface area contributed by atoms with Gasteiger partial charge < -0.3 is 40.5 Å². The number of carbonyl (C=O) groups excluding carboxylic acids is 3. The molecule has 2 aromatic rings. The van der Waals surface area contributed by atoms with Crippen molar-refractivity contribution in [1.82, 2.24) is 20.2 Å². The fourth-order valence-electron chi connectivity index (χ4n) is 7.77. The molecule has 0 bridgehead atoms. The first-order chi connectivity index (χ1) is 23.7. The van der Waals surface area contributed by atoms with Gasteiger partial charge in [0.1, 0.15) is 29.6 Å². The van der Waals surface area contributed by atoms with Crippen molar-refractivity contribution in [3.8, 4) is 5.75 Å². The summed E-state index contributed by atoms with van der Waals surface area (Å²) in [5.41, 5.74) is 7.97. The number of methoxy groups -OCH3 is 1. The Morgan fingerprint density at radius 1 is 1.06 bits per heavy atom. The molecule has 4 aliphatic rings. The number of likely N-dealkylation sites (N-methyl/N-ethyl adjacent to an activating group) is 1. The van der Waals surface area contributed by atoms with Crippen molar-refractivity contribution < 1.29 is 23.9 Å². The predicted molar refractivity (Wildman–Crippen MR) is 188 cm³/mol. The molecule has 2 aliphatic heterocycles. The number of carbonyl (C=O) groups is 3. The Labute approximate surface area is 289 Å². The maximum absolute atomic E-state index is 13.3. The maximum Gasteiger partial charge on any atom is 0.323 e. The smallest absolute Gasteiger partial charge is 0.323 e. The highest BCUT2D eigenvalue weighted by atomic mass is 16.5. The number of nitrogens with zero attached hydrogens (tertiary/aromatic N) is 5. The molecule has 1 aromatic carbocycles. The molecule has 3 fully saturated rings. The summed E-state index contributed by atoms with van der Waals surface area (Å²) in [4.78, 5) is 54.5. The van der Waals surface area contributed by atoms with Crippen LogP contribution >= 0.6 is 0 Å². The Kier molecular flexibility index (Phi) is 11.2. The quantitative estimate of drug-likeness (QED) is 0.278. The molecular formula is C36H52N8O5. The number of nitrogens with two attached hydrogens (primary N) is 1. The van der Waals surface area contributed by atoms with Crippen molar-refractivity contribution in [3.05, 3.63) is 30.0 Å². The van der Waals surface area contributed by atoms with Gasteiger partial charge in [0.15, 0.2) is 5.82 Å². The van der Waals surface area contributed by atoms with Crippen molar-refractivity contribution in [2.45, 2.75) is 114 Å². The van der Waals surface area contributed by atoms with Crippen molar-refractivity contribution in [2.24, 2.45) is 5.73 Å². The van der Waals surface area contributed by atoms with Crippen molar-refractivity contribution in [3.63, 3.8) is 0 Å². The molecule has 6 rings (SSSR count). The number of amides is 2. The van der Waals surface area contributed by atoms with Gasteiger partial charge in [-0.05, 0) is 82.4 Å². The number of anilines is 4. The maximum atomic E-state index is 13.3. The number of nitrogens with one attached hydrogen (secondary N) is 2. The van der Waals surface area contributed by atoms with Gasteiger partial charge in [-0.25, -0.2) is 4.98 Å². The molecule has 3 heterocycles. The monoisotopic (exact) mass is 676 g/mol. The molecule has 2 atom stereocenters. The molecule has 49 heavy (non-hydrogen) atoms. The number of hydrogen-bond acceptors (Lipinski definition) is 11. The number of fused-ring (bicyclic) bond motifs is 1. The largest absolute Gasteiger partial charge is 0.495 e. The second-order valence-corrected chi connectivity index (χ2v) is 13.9. The normalized spacial score (nSPS) is 21.5. The van der Waals surface area contributed by atoms with Gasteiger partial charge in [-0.1, -0.05) is 19.8 Å². The topological polar surface area (TPSA) is 155 Å². The molecule has 13 nitrogen and oxygen atoms in total. The second-order valence-electron chi connectivity index (χ2n) is 13.9. The number of hydrogen-bond donors (Lipinski definition) is 3. The second kappa shape index (κ2) is 15.7. The third kappa shape index (κ3) is 7.93. The molecule has 0 unspecified atom stereocenters. The summed E-state index contributed by atoms with van der Waals surface area (Å²) in [6.07, 6.45) is 13.1. The highest BCUT2D eigenvalue weighted by molar-refractivity contribution is 6.04. The molecule has 4 N–H and O–H groups in total. The van der Waals surface area contributed by atoms with E-state index >= 15 is 0 Å². The van der Waals surface area contributed by atoms with E-state index in [-0.39, 0.29) is 42.0 Å². The summed E-state index contributed by atoms with van der Waals surface area (Å²) in [5, 5.41) is 6.47. The average molecular weight is 677 g/mol. The van der Waals surface area contributed by atoms with Crippen LogP contribution in [0.3, 0.4) is 0 Å². The number of likely N-dealkylation sites (tertiary alicyclic amines) is 1. The van der Waals surface area contributed by atoms with Gasteiger partial charge in [-0.2, -0.15) is 4.98 Å². The van der Waals surface area contributed by atoms with Crippen LogP contribution < -0.4 is 30.9 Å². The van der Waals surface area contributed by atoms with Crippen LogP contribution in [0.15, 0.2) is 24.4 Å². The molecule has 2 amide bonds. The van der Waals surface area contributed by atoms with E-state index in [1.807, 2.05) is 6.92 Å². The Morgan fingerprint density at radius 3 is 2.47 bits per heavy atom. The van der Waals surface area contributed by atoms with Crippen molar-refractivity contribution >= 4 is 40.9 Å². The fourth-order valence-corrected chi connectivity index (χ4v) is 7.77. The van der Waals surface area contributed by atoms with Gasteiger partial charge in [0, 0.05) is 44.3 Å². The van der Waals surface area contributed by atoms with Gasteiger partial charge >= 0.3 is 5.97 Å². The summed E-state index contributed by atoms with van der Waals surface area (Å²) in [6.45, 7) is 4.42. The summed E-state index contributed by atoms with van der Waals surface area (Å²) < 4.78 is 11.2. The molecule has 13 heteroatoms. The average Bonchev–Trinajstić information content (AvgIpc) is 3.84. The summed E-state index contributed by atoms with van der Waals surface area (Å²) >= 11 is 0. The zero-order chi connectivity index (χ0) is 34.5. The van der Waals surface area contributed by atoms with Gasteiger partial charge in [-0.3, -0.25) is 14.4 Å². The van der Waals surface area contributed by atoms with E-state index in [1.165, 1.54) is 0 Å². The SMILES string of the molecule is CC[C@@H]1C(=O)N(C)c2cnc(Nc3ccc(C(=O)NC4CCN(CC[C@H](N)C(=O)OC5CCCC5)CC4)cc3OC)nc2N1C1CCCC1. The van der Waals surface area contributed by atoms with Crippen LogP contribution in [0.2, 0.25) is 0 Å². The summed E-state index contributed by atoms with van der Waals surface area (Å²) in [6, 6.07) is 4.77. The zero-order valence-electron chi connectivity index (χ0n) is 29.2. The highest BCUT2D eigenvalue weighted by Gasteiger charge is 2.41. The van der Waals surface area contributed by atoms with Crippen molar-refractivity contribution in [1.29, 1.82) is 0 Å². The fraction of sp³-hybridized carbons (Fsp3) is 0.639. The minimum absolute atomic E-state index is 0.0336. The van der Waals surface area contributed by atoms with Gasteiger partial charge in [0.2, 0.25) is 11.9 Å².